The van der Waals surface area contributed by atoms with Crippen LogP contribution in [0.2, 0.25) is 0 Å². The first kappa shape index (κ1) is 14.7. The van der Waals surface area contributed by atoms with Gasteiger partial charge >= 0.3 is 0 Å². The van der Waals surface area contributed by atoms with E-state index in [1.807, 2.05) is 24.3 Å². The van der Waals surface area contributed by atoms with Gasteiger partial charge in [0.05, 0.1) is 18.1 Å². The standard InChI is InChI=1S/C13H14BrN3O3S/c14-11-4-2-1-3-10(11)13-16-12(20-17-13)7-15-9-5-6-21(18,19)8-9/h1-4,9,15H,5-8H2. The molecule has 1 aliphatic rings. The van der Waals surface area contributed by atoms with Crippen molar-refractivity contribution < 1.29 is 12.9 Å². The topological polar surface area (TPSA) is 85.1 Å². The molecule has 1 unspecified atom stereocenters. The fourth-order valence-electron chi connectivity index (χ4n) is 2.27. The van der Waals surface area contributed by atoms with Crippen LogP contribution in [0.4, 0.5) is 0 Å². The predicted molar refractivity (Wildman–Crippen MR) is 81.3 cm³/mol. The predicted octanol–water partition coefficient (Wildman–Crippen LogP) is 1.78. The van der Waals surface area contributed by atoms with E-state index < -0.39 is 9.84 Å². The average molecular weight is 372 g/mol. The highest BCUT2D eigenvalue weighted by Gasteiger charge is 2.27. The number of hydrogen-bond acceptors (Lipinski definition) is 6. The highest BCUT2D eigenvalue weighted by atomic mass is 79.9. The molecule has 0 saturated carbocycles. The van der Waals surface area contributed by atoms with Crippen LogP contribution in [0.25, 0.3) is 11.4 Å². The molecule has 1 aliphatic heterocycles. The molecule has 0 bridgehead atoms. The lowest BCUT2D eigenvalue weighted by atomic mass is 10.2. The summed E-state index contributed by atoms with van der Waals surface area (Å²) in [7, 11) is -2.88. The Morgan fingerprint density at radius 1 is 1.38 bits per heavy atom. The smallest absolute Gasteiger partial charge is 0.240 e. The van der Waals surface area contributed by atoms with Crippen molar-refractivity contribution in [2.45, 2.75) is 19.0 Å². The Kier molecular flexibility index (Phi) is 4.10. The molecule has 2 heterocycles. The van der Waals surface area contributed by atoms with Gasteiger partial charge in [-0.2, -0.15) is 4.98 Å². The second-order valence-electron chi connectivity index (χ2n) is 4.97. The number of aromatic nitrogens is 2. The Morgan fingerprint density at radius 2 is 2.19 bits per heavy atom. The molecule has 3 rings (SSSR count). The van der Waals surface area contributed by atoms with E-state index in [0.717, 1.165) is 10.0 Å². The lowest BCUT2D eigenvalue weighted by Gasteiger charge is -2.07. The van der Waals surface area contributed by atoms with Crippen molar-refractivity contribution in [3.05, 3.63) is 34.6 Å². The number of nitrogens with zero attached hydrogens (tertiary/aromatic N) is 2. The van der Waals surface area contributed by atoms with Gasteiger partial charge in [0.1, 0.15) is 0 Å². The highest BCUT2D eigenvalue weighted by molar-refractivity contribution is 9.10. The molecular formula is C13H14BrN3O3S. The van der Waals surface area contributed by atoms with E-state index in [0.29, 0.717) is 24.7 Å². The quantitative estimate of drug-likeness (QED) is 0.881. The molecule has 6 nitrogen and oxygen atoms in total. The van der Waals surface area contributed by atoms with Crippen LogP contribution in [0, 0.1) is 0 Å². The normalized spacial score (nSPS) is 20.7. The molecule has 0 radical (unpaired) electrons. The van der Waals surface area contributed by atoms with Crippen molar-refractivity contribution in [2.75, 3.05) is 11.5 Å². The van der Waals surface area contributed by atoms with Gasteiger partial charge in [0, 0.05) is 16.1 Å². The van der Waals surface area contributed by atoms with E-state index in [1.54, 1.807) is 0 Å². The van der Waals surface area contributed by atoms with Gasteiger partial charge in [0.15, 0.2) is 9.84 Å². The number of hydrogen-bond donors (Lipinski definition) is 1. The summed E-state index contributed by atoms with van der Waals surface area (Å²) in [5.74, 6) is 1.39. The zero-order valence-electron chi connectivity index (χ0n) is 11.1. The van der Waals surface area contributed by atoms with Crippen LogP contribution in [-0.2, 0) is 16.4 Å². The molecule has 1 atom stereocenters. The van der Waals surface area contributed by atoms with Crippen molar-refractivity contribution in [1.82, 2.24) is 15.5 Å². The van der Waals surface area contributed by atoms with Crippen molar-refractivity contribution in [3.8, 4) is 11.4 Å². The summed E-state index contributed by atoms with van der Waals surface area (Å²) in [4.78, 5) is 4.32. The minimum Gasteiger partial charge on any atom is -0.338 e. The highest BCUT2D eigenvalue weighted by Crippen LogP contribution is 2.25. The van der Waals surface area contributed by atoms with Crippen LogP contribution >= 0.6 is 15.9 Å². The summed E-state index contributed by atoms with van der Waals surface area (Å²) in [6.07, 6.45) is 0.633. The summed E-state index contributed by atoms with van der Waals surface area (Å²) in [5.41, 5.74) is 0.857. The second-order valence-corrected chi connectivity index (χ2v) is 8.06. The minimum atomic E-state index is -2.88. The van der Waals surface area contributed by atoms with E-state index in [2.05, 4.69) is 31.4 Å². The van der Waals surface area contributed by atoms with Gasteiger partial charge in [0.25, 0.3) is 0 Å². The molecule has 21 heavy (non-hydrogen) atoms. The Bertz CT molecular complexity index is 745. The van der Waals surface area contributed by atoms with Gasteiger partial charge < -0.3 is 9.84 Å². The summed E-state index contributed by atoms with van der Waals surface area (Å²) >= 11 is 3.44. The van der Waals surface area contributed by atoms with E-state index in [-0.39, 0.29) is 17.5 Å². The molecule has 1 N–H and O–H groups in total. The van der Waals surface area contributed by atoms with Gasteiger partial charge in [-0.25, -0.2) is 8.42 Å². The minimum absolute atomic E-state index is 0.0335. The van der Waals surface area contributed by atoms with E-state index in [4.69, 9.17) is 4.52 Å². The molecule has 112 valence electrons. The molecule has 1 aromatic heterocycles. The maximum atomic E-state index is 11.4. The van der Waals surface area contributed by atoms with Crippen LogP contribution < -0.4 is 5.32 Å². The van der Waals surface area contributed by atoms with Crippen molar-refractivity contribution in [1.29, 1.82) is 0 Å². The summed E-state index contributed by atoms with van der Waals surface area (Å²) < 4.78 is 28.9. The van der Waals surface area contributed by atoms with Crippen LogP contribution in [0.3, 0.4) is 0 Å². The van der Waals surface area contributed by atoms with E-state index in [9.17, 15) is 8.42 Å². The maximum Gasteiger partial charge on any atom is 0.240 e. The van der Waals surface area contributed by atoms with Gasteiger partial charge in [-0.3, -0.25) is 0 Å². The molecule has 1 aromatic carbocycles. The lowest BCUT2D eigenvalue weighted by molar-refractivity contribution is 0.360. The summed E-state index contributed by atoms with van der Waals surface area (Å²) in [6, 6.07) is 7.59. The van der Waals surface area contributed by atoms with E-state index >= 15 is 0 Å². The fraction of sp³-hybridized carbons (Fsp3) is 0.385. The number of rotatable bonds is 4. The molecule has 1 fully saturated rings. The Labute approximate surface area is 131 Å². The van der Waals surface area contributed by atoms with Gasteiger partial charge in [0.2, 0.25) is 11.7 Å². The van der Waals surface area contributed by atoms with Crippen LogP contribution in [0.5, 0.6) is 0 Å². The Balaban J connectivity index is 1.65. The molecule has 0 amide bonds. The van der Waals surface area contributed by atoms with Crippen LogP contribution in [-0.4, -0.2) is 36.1 Å². The lowest BCUT2D eigenvalue weighted by Crippen LogP contribution is -2.29. The number of sulfone groups is 1. The zero-order chi connectivity index (χ0) is 14.9. The summed E-state index contributed by atoms with van der Waals surface area (Å²) in [5, 5.41) is 7.09. The monoisotopic (exact) mass is 371 g/mol. The first-order valence-electron chi connectivity index (χ1n) is 6.55. The van der Waals surface area contributed by atoms with Gasteiger partial charge in [-0.1, -0.05) is 33.2 Å². The first-order valence-corrected chi connectivity index (χ1v) is 9.16. The Morgan fingerprint density at radius 3 is 2.90 bits per heavy atom. The SMILES string of the molecule is O=S1(=O)CCC(NCc2nc(-c3ccccc3Br)no2)C1. The van der Waals surface area contributed by atoms with Gasteiger partial charge in [-0.15, -0.1) is 0 Å². The zero-order valence-corrected chi connectivity index (χ0v) is 13.5. The number of benzene rings is 1. The third-order valence-corrected chi connectivity index (χ3v) is 5.82. The summed E-state index contributed by atoms with van der Waals surface area (Å²) in [6.45, 7) is 0.373. The largest absolute Gasteiger partial charge is 0.338 e. The van der Waals surface area contributed by atoms with Crippen LogP contribution in [0.15, 0.2) is 33.3 Å². The second kappa shape index (κ2) is 5.86. The third-order valence-electron chi connectivity index (χ3n) is 3.36. The number of nitrogens with one attached hydrogen (secondary N) is 1. The molecule has 2 aromatic rings. The van der Waals surface area contributed by atoms with Crippen molar-refractivity contribution >= 4 is 25.8 Å². The van der Waals surface area contributed by atoms with E-state index in [1.165, 1.54) is 0 Å². The van der Waals surface area contributed by atoms with Crippen molar-refractivity contribution in [3.63, 3.8) is 0 Å². The molecule has 8 heteroatoms. The van der Waals surface area contributed by atoms with Gasteiger partial charge in [-0.05, 0) is 18.6 Å². The van der Waals surface area contributed by atoms with Crippen molar-refractivity contribution in [2.24, 2.45) is 0 Å². The maximum absolute atomic E-state index is 11.4. The molecule has 0 spiro atoms. The fourth-order valence-corrected chi connectivity index (χ4v) is 4.44. The average Bonchev–Trinajstić information content (AvgIpc) is 3.03. The third kappa shape index (κ3) is 3.50. The molecule has 1 saturated heterocycles. The Hall–Kier alpha value is -1.25. The number of halogens is 1. The first-order chi connectivity index (χ1) is 10.0. The van der Waals surface area contributed by atoms with Crippen LogP contribution in [0.1, 0.15) is 12.3 Å². The molecule has 0 aliphatic carbocycles. The molecular weight excluding hydrogens is 358 g/mol.